The molecule has 2 nitrogen and oxygen atoms in total. The van der Waals surface area contributed by atoms with E-state index in [-0.39, 0.29) is 47.5 Å². The predicted molar refractivity (Wildman–Crippen MR) is 217 cm³/mol. The molecule has 4 heteroatoms. The molecule has 11 rings (SSSR count). The van der Waals surface area contributed by atoms with Gasteiger partial charge in [-0.1, -0.05) is 127 Å². The Balaban J connectivity index is 1.37. The first-order chi connectivity index (χ1) is 27.7. The molecule has 8 aromatic carbocycles. The maximum atomic E-state index is 10.2. The van der Waals surface area contributed by atoms with Crippen LogP contribution in [0.4, 0.5) is 0 Å². The Bertz CT molecular complexity index is 3580. The molecule has 0 bridgehead atoms. The topological polar surface area (TPSA) is 25.8 Å². The van der Waals surface area contributed by atoms with Crippen LogP contribution in [0, 0.1) is 0 Å². The van der Waals surface area contributed by atoms with Crippen LogP contribution < -0.4 is 0 Å². The largest absolute Gasteiger partial charge is 0.226 e. The van der Waals surface area contributed by atoms with Gasteiger partial charge < -0.3 is 0 Å². The van der Waals surface area contributed by atoms with Crippen molar-refractivity contribution in [2.45, 2.75) is 0 Å². The van der Waals surface area contributed by atoms with Gasteiger partial charge in [0.1, 0.15) is 0 Å². The van der Waals surface area contributed by atoms with Gasteiger partial charge in [0.2, 0.25) is 0 Å². The zero-order valence-corrected chi connectivity index (χ0v) is 27.8. The van der Waals surface area contributed by atoms with Gasteiger partial charge in [0.15, 0.2) is 5.82 Å². The van der Waals surface area contributed by atoms with Gasteiger partial charge in [0.05, 0.1) is 25.5 Å². The van der Waals surface area contributed by atoms with E-state index in [0.29, 0.717) is 47.9 Å². The van der Waals surface area contributed by atoms with Gasteiger partial charge in [-0.05, 0) is 63.0 Å². The molecule has 0 saturated heterocycles. The third-order valence-electron chi connectivity index (χ3n) is 9.50. The molecule has 0 atom stereocenters. The molecule has 0 amide bonds. The third-order valence-corrected chi connectivity index (χ3v) is 11.8. The first-order valence-corrected chi connectivity index (χ1v) is 17.9. The summed E-state index contributed by atoms with van der Waals surface area (Å²) in [6.45, 7) is 0. The molecule has 0 spiro atoms. The summed E-state index contributed by atoms with van der Waals surface area (Å²) in [5, 5.41) is 6.53. The molecule has 11 aromatic rings. The molecule has 3 aromatic heterocycles. The monoisotopic (exact) mass is 677 g/mol. The molecule has 0 aliphatic carbocycles. The smallest absolute Gasteiger partial charge is 0.161 e. The van der Waals surface area contributed by atoms with Crippen LogP contribution in [0.25, 0.3) is 107 Å². The SMILES string of the molecule is [2H]c1cc([2H])c2c(c1-c1ccc3ccccc3c1)c(-c1nc(-c3ccc4ccccc4c3)c3sc4ccccc4c3n1)c([2H])c1c2sc2c([2H])c([2H])c([2H])c([2H])c21. The van der Waals surface area contributed by atoms with E-state index in [1.807, 2.05) is 78.9 Å². The van der Waals surface area contributed by atoms with Gasteiger partial charge in [0.25, 0.3) is 0 Å². The van der Waals surface area contributed by atoms with Crippen LogP contribution in [-0.2, 0) is 0 Å². The van der Waals surface area contributed by atoms with Crippen molar-refractivity contribution in [1.29, 1.82) is 0 Å². The van der Waals surface area contributed by atoms with Crippen molar-refractivity contribution in [3.05, 3.63) is 158 Å². The first kappa shape index (κ1) is 21.9. The quantitative estimate of drug-likeness (QED) is 0.186. The summed E-state index contributed by atoms with van der Waals surface area (Å²) in [7, 11) is 0. The normalized spacial score (nSPS) is 14.0. The summed E-state index contributed by atoms with van der Waals surface area (Å²) in [5.74, 6) is 0.235. The lowest BCUT2D eigenvalue weighted by molar-refractivity contribution is 1.25. The van der Waals surface area contributed by atoms with Gasteiger partial charge in [-0.15, -0.1) is 22.7 Å². The highest BCUT2D eigenvalue weighted by molar-refractivity contribution is 7.27. The molecular weight excluding hydrogens is 645 g/mol. The number of aromatic nitrogens is 2. The molecular formula is C46H26N2S2. The summed E-state index contributed by atoms with van der Waals surface area (Å²) in [6.07, 6.45) is 0. The molecule has 232 valence electrons. The molecule has 0 fully saturated rings. The minimum atomic E-state index is -0.390. The van der Waals surface area contributed by atoms with Gasteiger partial charge in [-0.25, -0.2) is 9.97 Å². The Kier molecular flexibility index (Phi) is 4.72. The Labute approximate surface area is 305 Å². The van der Waals surface area contributed by atoms with Crippen LogP contribution >= 0.6 is 22.7 Å². The maximum Gasteiger partial charge on any atom is 0.161 e. The third kappa shape index (κ3) is 4.19. The standard InChI is InChI=1S/C46H26N2S2/c1-3-12-29-24-31(22-20-27(29)10-1)33-16-9-17-36-41(33)38(26-37-34-14-5-7-18-39(34)49-44(36)37)46-47-42(32-23-21-28-11-2-4-13-30(28)25-32)45-43(48-46)35-15-6-8-19-40(35)50-45/h1-26H/i5D,7D,14D,16D,17D,18D,26D. The lowest BCUT2D eigenvalue weighted by Gasteiger charge is -2.15. The zero-order valence-electron chi connectivity index (χ0n) is 33.2. The Hall–Kier alpha value is -5.94. The van der Waals surface area contributed by atoms with Crippen molar-refractivity contribution in [2.75, 3.05) is 0 Å². The van der Waals surface area contributed by atoms with E-state index < -0.39 is 6.04 Å². The summed E-state index contributed by atoms with van der Waals surface area (Å²) < 4.78 is 66.8. The predicted octanol–water partition coefficient (Wildman–Crippen LogP) is 13.7. The molecule has 0 unspecified atom stereocenters. The second-order valence-electron chi connectivity index (χ2n) is 12.4. The minimum absolute atomic E-state index is 0.0239. The fraction of sp³-hybridized carbons (Fsp3) is 0. The van der Waals surface area contributed by atoms with E-state index in [4.69, 9.17) is 15.5 Å². The lowest BCUT2D eigenvalue weighted by atomic mass is 9.91. The van der Waals surface area contributed by atoms with Crippen LogP contribution in [0.15, 0.2) is 158 Å². The highest BCUT2D eigenvalue weighted by Gasteiger charge is 2.22. The second-order valence-corrected chi connectivity index (χ2v) is 14.4. The highest BCUT2D eigenvalue weighted by atomic mass is 32.1. The number of nitrogens with zero attached hydrogens (tertiary/aromatic N) is 2. The van der Waals surface area contributed by atoms with Crippen molar-refractivity contribution in [1.82, 2.24) is 9.97 Å². The number of benzene rings is 8. The van der Waals surface area contributed by atoms with Gasteiger partial charge >= 0.3 is 0 Å². The molecule has 0 N–H and O–H groups in total. The summed E-state index contributed by atoms with van der Waals surface area (Å²) in [5.41, 5.74) is 3.82. The van der Waals surface area contributed by atoms with Gasteiger partial charge in [-0.2, -0.15) is 0 Å². The second kappa shape index (κ2) is 10.8. The highest BCUT2D eigenvalue weighted by Crippen LogP contribution is 2.47. The van der Waals surface area contributed by atoms with E-state index in [2.05, 4.69) is 30.3 Å². The van der Waals surface area contributed by atoms with Crippen LogP contribution in [-0.4, -0.2) is 9.97 Å². The molecule has 0 aliphatic heterocycles. The maximum absolute atomic E-state index is 10.2. The minimum Gasteiger partial charge on any atom is -0.226 e. The average Bonchev–Trinajstić information content (AvgIpc) is 3.81. The number of fused-ring (bicyclic) bond motifs is 10. The fourth-order valence-corrected chi connectivity index (χ4v) is 9.39. The number of hydrogen-bond donors (Lipinski definition) is 0. The van der Waals surface area contributed by atoms with Crippen molar-refractivity contribution in [2.24, 2.45) is 0 Å². The first-order valence-electron chi connectivity index (χ1n) is 19.7. The van der Waals surface area contributed by atoms with E-state index in [1.54, 1.807) is 11.3 Å². The van der Waals surface area contributed by atoms with Crippen LogP contribution in [0.5, 0.6) is 0 Å². The van der Waals surface area contributed by atoms with Gasteiger partial charge in [0, 0.05) is 52.2 Å². The number of hydrogen-bond acceptors (Lipinski definition) is 4. The Morgan fingerprint density at radius 3 is 2.02 bits per heavy atom. The fourth-order valence-electron chi connectivity index (χ4n) is 7.16. The number of thiophene rings is 2. The van der Waals surface area contributed by atoms with E-state index >= 15 is 0 Å². The molecule has 3 heterocycles. The zero-order chi connectivity index (χ0) is 38.9. The number of rotatable bonds is 3. The van der Waals surface area contributed by atoms with Crippen molar-refractivity contribution < 1.29 is 9.60 Å². The van der Waals surface area contributed by atoms with E-state index in [1.165, 1.54) is 6.07 Å². The van der Waals surface area contributed by atoms with Crippen LogP contribution in [0.1, 0.15) is 9.60 Å². The molecule has 0 radical (unpaired) electrons. The van der Waals surface area contributed by atoms with Gasteiger partial charge in [-0.3, -0.25) is 0 Å². The Morgan fingerprint density at radius 2 is 1.18 bits per heavy atom. The summed E-state index contributed by atoms with van der Waals surface area (Å²) in [4.78, 5) is 10.6. The van der Waals surface area contributed by atoms with Crippen molar-refractivity contribution >= 4 is 95.5 Å². The van der Waals surface area contributed by atoms with Crippen LogP contribution in [0.2, 0.25) is 0 Å². The van der Waals surface area contributed by atoms with E-state index in [9.17, 15) is 4.11 Å². The molecule has 0 aliphatic rings. The summed E-state index contributed by atoms with van der Waals surface area (Å²) in [6, 6.07) is 36.9. The van der Waals surface area contributed by atoms with Crippen LogP contribution in [0.3, 0.4) is 0 Å². The van der Waals surface area contributed by atoms with Crippen molar-refractivity contribution in [3.8, 4) is 33.8 Å². The molecule has 0 saturated carbocycles. The van der Waals surface area contributed by atoms with Crippen molar-refractivity contribution in [3.63, 3.8) is 0 Å². The average molecular weight is 678 g/mol. The Morgan fingerprint density at radius 1 is 0.480 bits per heavy atom. The summed E-state index contributed by atoms with van der Waals surface area (Å²) >= 11 is 2.76. The lowest BCUT2D eigenvalue weighted by Crippen LogP contribution is -1.96. The van der Waals surface area contributed by atoms with E-state index in [0.717, 1.165) is 58.8 Å². The molecule has 50 heavy (non-hydrogen) atoms.